The molecule has 0 bridgehead atoms. The van der Waals surface area contributed by atoms with Gasteiger partial charge in [0, 0.05) is 12.0 Å². The van der Waals surface area contributed by atoms with E-state index in [1.807, 2.05) is 0 Å². The van der Waals surface area contributed by atoms with Crippen molar-refractivity contribution >= 4 is 0 Å². The molecule has 1 heteroatoms. The smallest absolute Gasteiger partial charge is 0.0476 e. The van der Waals surface area contributed by atoms with E-state index >= 15 is 0 Å². The molecule has 0 saturated carbocycles. The fraction of sp³-hybridized carbons (Fsp3) is 0.571. The summed E-state index contributed by atoms with van der Waals surface area (Å²) in [4.78, 5) is 0. The molecular weight excluding hydrogens is 182 g/mol. The van der Waals surface area contributed by atoms with Crippen molar-refractivity contribution in [3.8, 4) is 0 Å². The molecule has 0 aromatic carbocycles. The fourth-order valence-electron chi connectivity index (χ4n) is 3.30. The molecule has 1 nitrogen and oxygen atoms in total. The summed E-state index contributed by atoms with van der Waals surface area (Å²) in [5.74, 6) is 0.680. The highest BCUT2D eigenvalue weighted by Crippen LogP contribution is 2.45. The fourth-order valence-corrected chi connectivity index (χ4v) is 3.30. The Morgan fingerprint density at radius 2 is 2.07 bits per heavy atom. The molecule has 0 saturated heterocycles. The summed E-state index contributed by atoms with van der Waals surface area (Å²) in [6.07, 6.45) is 11.3. The molecule has 0 fully saturated rings. The summed E-state index contributed by atoms with van der Waals surface area (Å²) < 4.78 is 0. The van der Waals surface area contributed by atoms with Crippen molar-refractivity contribution in [2.24, 2.45) is 11.7 Å². The second kappa shape index (κ2) is 3.34. The minimum atomic E-state index is 0.203. The van der Waals surface area contributed by atoms with E-state index in [0.29, 0.717) is 5.92 Å². The molecule has 0 aromatic rings. The maximum Gasteiger partial charge on any atom is 0.0476 e. The number of fused-ring (bicyclic) bond motifs is 2. The van der Waals surface area contributed by atoms with Gasteiger partial charge in [0.1, 0.15) is 0 Å². The Morgan fingerprint density at radius 1 is 1.27 bits per heavy atom. The van der Waals surface area contributed by atoms with E-state index in [2.05, 4.69) is 19.1 Å². The van der Waals surface area contributed by atoms with Crippen LogP contribution in [-0.4, -0.2) is 6.04 Å². The van der Waals surface area contributed by atoms with Crippen molar-refractivity contribution in [1.82, 2.24) is 0 Å². The topological polar surface area (TPSA) is 26.0 Å². The standard InChI is InChI=1S/C14H19N/c1-9-6-7-12-11-5-3-2-4-10(11)8-13(12)14(9)15/h6,8,12,14H,2-5,7,15H2,1H3. The first-order valence-corrected chi connectivity index (χ1v) is 6.13. The van der Waals surface area contributed by atoms with Crippen LogP contribution in [0.1, 0.15) is 39.0 Å². The van der Waals surface area contributed by atoms with Gasteiger partial charge in [-0.25, -0.2) is 0 Å². The predicted molar refractivity (Wildman–Crippen MR) is 63.4 cm³/mol. The second-order valence-corrected chi connectivity index (χ2v) is 5.12. The van der Waals surface area contributed by atoms with E-state index < -0.39 is 0 Å². The van der Waals surface area contributed by atoms with Crippen LogP contribution in [0.4, 0.5) is 0 Å². The quantitative estimate of drug-likeness (QED) is 0.599. The summed E-state index contributed by atoms with van der Waals surface area (Å²) in [7, 11) is 0. The molecule has 0 heterocycles. The number of rotatable bonds is 0. The molecule has 0 aliphatic heterocycles. The monoisotopic (exact) mass is 201 g/mol. The van der Waals surface area contributed by atoms with Gasteiger partial charge in [-0.1, -0.05) is 23.3 Å². The lowest BCUT2D eigenvalue weighted by molar-refractivity contribution is 0.581. The average Bonchev–Trinajstić information content (AvgIpc) is 2.63. The molecule has 0 radical (unpaired) electrons. The molecule has 0 aromatic heterocycles. The van der Waals surface area contributed by atoms with Crippen LogP contribution in [-0.2, 0) is 0 Å². The van der Waals surface area contributed by atoms with Crippen LogP contribution in [0, 0.1) is 5.92 Å². The van der Waals surface area contributed by atoms with Crippen molar-refractivity contribution in [2.45, 2.75) is 45.1 Å². The Hall–Kier alpha value is -0.820. The Morgan fingerprint density at radius 3 is 2.93 bits per heavy atom. The lowest BCUT2D eigenvalue weighted by Gasteiger charge is -2.29. The Kier molecular flexibility index (Phi) is 2.10. The van der Waals surface area contributed by atoms with Crippen molar-refractivity contribution in [3.63, 3.8) is 0 Å². The van der Waals surface area contributed by atoms with Gasteiger partial charge in [-0.3, -0.25) is 0 Å². The summed E-state index contributed by atoms with van der Waals surface area (Å²) in [5.41, 5.74) is 12.5. The molecule has 2 N–H and O–H groups in total. The van der Waals surface area contributed by atoms with Gasteiger partial charge in [-0.05, 0) is 50.2 Å². The third-order valence-corrected chi connectivity index (χ3v) is 4.24. The minimum Gasteiger partial charge on any atom is -0.321 e. The lowest BCUT2D eigenvalue weighted by Crippen LogP contribution is -2.30. The van der Waals surface area contributed by atoms with Crippen LogP contribution in [0.3, 0.4) is 0 Å². The highest BCUT2D eigenvalue weighted by Gasteiger charge is 2.33. The Bertz CT molecular complexity index is 384. The highest BCUT2D eigenvalue weighted by molar-refractivity contribution is 5.49. The molecule has 80 valence electrons. The zero-order chi connectivity index (χ0) is 10.4. The summed E-state index contributed by atoms with van der Waals surface area (Å²) >= 11 is 0. The van der Waals surface area contributed by atoms with Gasteiger partial charge < -0.3 is 5.73 Å². The van der Waals surface area contributed by atoms with Crippen molar-refractivity contribution in [1.29, 1.82) is 0 Å². The molecule has 2 unspecified atom stereocenters. The Labute approximate surface area is 91.7 Å². The normalized spacial score (nSPS) is 34.5. The number of hydrogen-bond donors (Lipinski definition) is 1. The van der Waals surface area contributed by atoms with Gasteiger partial charge >= 0.3 is 0 Å². The van der Waals surface area contributed by atoms with E-state index in [1.54, 1.807) is 11.1 Å². The number of nitrogens with two attached hydrogens (primary N) is 1. The minimum absolute atomic E-state index is 0.203. The van der Waals surface area contributed by atoms with Gasteiger partial charge in [-0.2, -0.15) is 0 Å². The lowest BCUT2D eigenvalue weighted by atomic mass is 9.78. The Balaban J connectivity index is 1.98. The zero-order valence-electron chi connectivity index (χ0n) is 9.42. The molecule has 0 spiro atoms. The van der Waals surface area contributed by atoms with Crippen LogP contribution in [0.25, 0.3) is 0 Å². The van der Waals surface area contributed by atoms with E-state index in [1.165, 1.54) is 43.3 Å². The highest BCUT2D eigenvalue weighted by atomic mass is 14.7. The first-order valence-electron chi connectivity index (χ1n) is 6.13. The largest absolute Gasteiger partial charge is 0.321 e. The molecule has 15 heavy (non-hydrogen) atoms. The van der Waals surface area contributed by atoms with Crippen LogP contribution in [0.5, 0.6) is 0 Å². The molecule has 3 rings (SSSR count). The van der Waals surface area contributed by atoms with Gasteiger partial charge in [0.25, 0.3) is 0 Å². The SMILES string of the molecule is CC1=CCC2C(=CC3=C2CCCC3)C1N. The molecule has 0 amide bonds. The first kappa shape index (κ1) is 9.41. The molecule has 3 aliphatic carbocycles. The second-order valence-electron chi connectivity index (χ2n) is 5.12. The number of hydrogen-bond acceptors (Lipinski definition) is 1. The maximum absolute atomic E-state index is 6.25. The van der Waals surface area contributed by atoms with Crippen LogP contribution in [0.15, 0.2) is 34.4 Å². The summed E-state index contributed by atoms with van der Waals surface area (Å²) in [6.45, 7) is 2.17. The summed E-state index contributed by atoms with van der Waals surface area (Å²) in [6, 6.07) is 0.203. The van der Waals surface area contributed by atoms with Gasteiger partial charge in [0.2, 0.25) is 0 Å². The molecule has 3 aliphatic rings. The predicted octanol–water partition coefficient (Wildman–Crippen LogP) is 3.09. The van der Waals surface area contributed by atoms with Crippen molar-refractivity contribution in [2.75, 3.05) is 0 Å². The zero-order valence-corrected chi connectivity index (χ0v) is 9.42. The van der Waals surface area contributed by atoms with Crippen molar-refractivity contribution in [3.05, 3.63) is 34.4 Å². The first-order chi connectivity index (χ1) is 7.27. The van der Waals surface area contributed by atoms with Crippen molar-refractivity contribution < 1.29 is 0 Å². The van der Waals surface area contributed by atoms with Crippen LogP contribution in [0.2, 0.25) is 0 Å². The van der Waals surface area contributed by atoms with E-state index in [0.717, 1.165) is 0 Å². The molecular formula is C14H19N. The van der Waals surface area contributed by atoms with E-state index in [9.17, 15) is 0 Å². The van der Waals surface area contributed by atoms with Gasteiger partial charge in [-0.15, -0.1) is 0 Å². The van der Waals surface area contributed by atoms with Gasteiger partial charge in [0.05, 0.1) is 0 Å². The van der Waals surface area contributed by atoms with E-state index in [4.69, 9.17) is 5.73 Å². The van der Waals surface area contributed by atoms with Crippen LogP contribution < -0.4 is 5.73 Å². The molecule has 2 atom stereocenters. The third-order valence-electron chi connectivity index (χ3n) is 4.24. The van der Waals surface area contributed by atoms with Crippen LogP contribution >= 0.6 is 0 Å². The number of allylic oxidation sites excluding steroid dienone is 4. The third kappa shape index (κ3) is 1.33. The van der Waals surface area contributed by atoms with E-state index in [-0.39, 0.29) is 6.04 Å². The summed E-state index contributed by atoms with van der Waals surface area (Å²) in [5, 5.41) is 0. The van der Waals surface area contributed by atoms with Gasteiger partial charge in [0.15, 0.2) is 0 Å². The maximum atomic E-state index is 6.25. The average molecular weight is 201 g/mol.